The minimum atomic E-state index is -0.463. The van der Waals surface area contributed by atoms with Gasteiger partial charge in [0, 0.05) is 28.7 Å². The number of nitrogens with zero attached hydrogens (tertiary/aromatic N) is 1. The maximum absolute atomic E-state index is 12.5. The molecule has 1 atom stereocenters. The number of hydrogen-bond donors (Lipinski definition) is 1. The Morgan fingerprint density at radius 3 is 2.56 bits per heavy atom. The van der Waals surface area contributed by atoms with Crippen LogP contribution in [0.4, 0.5) is 11.4 Å². The summed E-state index contributed by atoms with van der Waals surface area (Å²) in [4.78, 5) is 26.4. The number of ether oxygens (including phenoxy) is 1. The first-order valence-electron chi connectivity index (χ1n) is 7.68. The highest BCUT2D eigenvalue weighted by atomic mass is 35.5. The lowest BCUT2D eigenvalue weighted by Crippen LogP contribution is -2.28. The molecule has 0 bridgehead atoms. The molecule has 1 saturated heterocycles. The van der Waals surface area contributed by atoms with Crippen molar-refractivity contribution in [1.82, 2.24) is 0 Å². The van der Waals surface area contributed by atoms with Gasteiger partial charge in [0.2, 0.25) is 11.8 Å². The zero-order chi connectivity index (χ0) is 18.0. The first-order chi connectivity index (χ1) is 12.0. The lowest BCUT2D eigenvalue weighted by Gasteiger charge is -2.17. The third kappa shape index (κ3) is 3.89. The molecule has 1 unspecified atom stereocenters. The molecular formula is C18H16Cl2N2O3. The summed E-state index contributed by atoms with van der Waals surface area (Å²) in [5.41, 5.74) is 1.17. The molecule has 3 rings (SSSR count). The summed E-state index contributed by atoms with van der Waals surface area (Å²) in [5.74, 6) is -0.263. The highest BCUT2D eigenvalue weighted by molar-refractivity contribution is 6.35. The monoisotopic (exact) mass is 378 g/mol. The molecule has 0 aromatic heterocycles. The molecule has 25 heavy (non-hydrogen) atoms. The van der Waals surface area contributed by atoms with Crippen LogP contribution in [0.3, 0.4) is 0 Å². The highest BCUT2D eigenvalue weighted by Gasteiger charge is 2.35. The molecule has 5 nitrogen and oxygen atoms in total. The lowest BCUT2D eigenvalue weighted by atomic mass is 10.1. The van der Waals surface area contributed by atoms with Crippen LogP contribution in [0.1, 0.15) is 6.42 Å². The number of benzene rings is 2. The van der Waals surface area contributed by atoms with E-state index >= 15 is 0 Å². The van der Waals surface area contributed by atoms with Gasteiger partial charge in [0.25, 0.3) is 0 Å². The lowest BCUT2D eigenvalue weighted by molar-refractivity contribution is -0.122. The Labute approximate surface area is 155 Å². The summed E-state index contributed by atoms with van der Waals surface area (Å²) in [6.07, 6.45) is 0.130. The molecule has 2 aromatic carbocycles. The Balaban J connectivity index is 1.74. The van der Waals surface area contributed by atoms with Crippen molar-refractivity contribution in [3.63, 3.8) is 0 Å². The molecule has 0 aliphatic carbocycles. The van der Waals surface area contributed by atoms with E-state index in [4.69, 9.17) is 27.9 Å². The molecule has 0 saturated carbocycles. The van der Waals surface area contributed by atoms with Crippen LogP contribution in [0.25, 0.3) is 0 Å². The fraction of sp³-hybridized carbons (Fsp3) is 0.222. The topological polar surface area (TPSA) is 58.6 Å². The van der Waals surface area contributed by atoms with Crippen molar-refractivity contribution in [1.29, 1.82) is 0 Å². The van der Waals surface area contributed by atoms with Gasteiger partial charge in [-0.25, -0.2) is 0 Å². The smallest absolute Gasteiger partial charge is 0.229 e. The Bertz CT molecular complexity index is 805. The van der Waals surface area contributed by atoms with Crippen molar-refractivity contribution >= 4 is 46.4 Å². The Morgan fingerprint density at radius 1 is 1.20 bits per heavy atom. The molecule has 1 aliphatic heterocycles. The average Bonchev–Trinajstić information content (AvgIpc) is 2.96. The van der Waals surface area contributed by atoms with Gasteiger partial charge in [-0.1, -0.05) is 35.3 Å². The molecular weight excluding hydrogens is 363 g/mol. The van der Waals surface area contributed by atoms with Gasteiger partial charge in [-0.15, -0.1) is 0 Å². The summed E-state index contributed by atoms with van der Waals surface area (Å²) < 4.78 is 5.23. The quantitative estimate of drug-likeness (QED) is 0.874. The Hall–Kier alpha value is -2.24. The van der Waals surface area contributed by atoms with Gasteiger partial charge in [0.15, 0.2) is 0 Å². The molecule has 1 aliphatic rings. The van der Waals surface area contributed by atoms with Gasteiger partial charge < -0.3 is 15.0 Å². The molecule has 1 N–H and O–H groups in total. The third-order valence-electron chi connectivity index (χ3n) is 4.02. The van der Waals surface area contributed by atoms with E-state index in [9.17, 15) is 9.59 Å². The second kappa shape index (κ2) is 7.33. The number of carbonyl (C=O) groups is 2. The standard InChI is InChI=1S/C18H16Cl2N2O3/c1-25-16-5-3-2-4-15(16)21-18(24)11-6-17(23)22(10-11)14-8-12(19)7-13(20)9-14/h2-5,7-9,11H,6,10H2,1H3,(H,21,24). The Morgan fingerprint density at radius 2 is 1.88 bits per heavy atom. The van der Waals surface area contributed by atoms with Gasteiger partial charge in [0.05, 0.1) is 18.7 Å². The SMILES string of the molecule is COc1ccccc1NC(=O)C1CC(=O)N(c2cc(Cl)cc(Cl)c2)C1. The second-order valence-electron chi connectivity index (χ2n) is 5.72. The van der Waals surface area contributed by atoms with E-state index in [0.717, 1.165) is 0 Å². The van der Waals surface area contributed by atoms with Gasteiger partial charge in [-0.2, -0.15) is 0 Å². The fourth-order valence-corrected chi connectivity index (χ4v) is 3.33. The number of rotatable bonds is 4. The van der Waals surface area contributed by atoms with E-state index in [0.29, 0.717) is 27.2 Å². The van der Waals surface area contributed by atoms with Crippen LogP contribution in [-0.4, -0.2) is 25.5 Å². The van der Waals surface area contributed by atoms with Gasteiger partial charge in [0.1, 0.15) is 5.75 Å². The minimum Gasteiger partial charge on any atom is -0.495 e. The zero-order valence-electron chi connectivity index (χ0n) is 13.5. The zero-order valence-corrected chi connectivity index (χ0v) is 15.0. The van der Waals surface area contributed by atoms with E-state index < -0.39 is 5.92 Å². The van der Waals surface area contributed by atoms with Crippen LogP contribution >= 0.6 is 23.2 Å². The second-order valence-corrected chi connectivity index (χ2v) is 6.60. The Kier molecular flexibility index (Phi) is 5.16. The number of anilines is 2. The van der Waals surface area contributed by atoms with Crippen molar-refractivity contribution < 1.29 is 14.3 Å². The summed E-state index contributed by atoms with van der Waals surface area (Å²) in [5, 5.41) is 3.71. The van der Waals surface area contributed by atoms with Crippen LogP contribution in [0.2, 0.25) is 10.0 Å². The number of methoxy groups -OCH3 is 1. The molecule has 7 heteroatoms. The number of halogens is 2. The van der Waals surface area contributed by atoms with E-state index in [1.165, 1.54) is 12.0 Å². The summed E-state index contributed by atoms with van der Waals surface area (Å²) in [7, 11) is 1.54. The van der Waals surface area contributed by atoms with Crippen LogP contribution in [-0.2, 0) is 9.59 Å². The highest BCUT2D eigenvalue weighted by Crippen LogP contribution is 2.31. The number of carbonyl (C=O) groups excluding carboxylic acids is 2. The van der Waals surface area contributed by atoms with Crippen molar-refractivity contribution in [3.05, 3.63) is 52.5 Å². The van der Waals surface area contributed by atoms with Crippen molar-refractivity contribution in [2.75, 3.05) is 23.9 Å². The molecule has 2 aromatic rings. The van der Waals surface area contributed by atoms with Crippen LogP contribution < -0.4 is 15.0 Å². The minimum absolute atomic E-state index is 0.130. The van der Waals surface area contributed by atoms with E-state index in [2.05, 4.69) is 5.32 Å². The van der Waals surface area contributed by atoms with E-state index in [1.54, 1.807) is 36.4 Å². The predicted molar refractivity (Wildman–Crippen MR) is 98.5 cm³/mol. The first kappa shape index (κ1) is 17.6. The number of para-hydroxylation sites is 2. The summed E-state index contributed by atoms with van der Waals surface area (Å²) in [6.45, 7) is 0.274. The van der Waals surface area contributed by atoms with Crippen molar-refractivity contribution in [3.8, 4) is 5.75 Å². The van der Waals surface area contributed by atoms with Crippen LogP contribution in [0, 0.1) is 5.92 Å². The third-order valence-corrected chi connectivity index (χ3v) is 4.46. The van der Waals surface area contributed by atoms with Gasteiger partial charge in [-0.05, 0) is 30.3 Å². The predicted octanol–water partition coefficient (Wildman–Crippen LogP) is 3.99. The van der Waals surface area contributed by atoms with Gasteiger partial charge in [-0.3, -0.25) is 9.59 Å². The number of nitrogens with one attached hydrogen (secondary N) is 1. The van der Waals surface area contributed by atoms with Crippen molar-refractivity contribution in [2.24, 2.45) is 5.92 Å². The number of amides is 2. The van der Waals surface area contributed by atoms with E-state index in [-0.39, 0.29) is 24.8 Å². The first-order valence-corrected chi connectivity index (χ1v) is 8.44. The summed E-state index contributed by atoms with van der Waals surface area (Å²) in [6, 6.07) is 12.0. The fourth-order valence-electron chi connectivity index (χ4n) is 2.81. The molecule has 2 amide bonds. The van der Waals surface area contributed by atoms with Gasteiger partial charge >= 0.3 is 0 Å². The van der Waals surface area contributed by atoms with Crippen molar-refractivity contribution in [2.45, 2.75) is 6.42 Å². The summed E-state index contributed by atoms with van der Waals surface area (Å²) >= 11 is 12.0. The molecule has 130 valence electrons. The largest absolute Gasteiger partial charge is 0.495 e. The van der Waals surface area contributed by atoms with Crippen LogP contribution in [0.15, 0.2) is 42.5 Å². The van der Waals surface area contributed by atoms with Crippen LogP contribution in [0.5, 0.6) is 5.75 Å². The average molecular weight is 379 g/mol. The van der Waals surface area contributed by atoms with E-state index in [1.807, 2.05) is 6.07 Å². The number of hydrogen-bond acceptors (Lipinski definition) is 3. The normalized spacial score (nSPS) is 16.8. The molecule has 1 heterocycles. The molecule has 0 spiro atoms. The molecule has 1 fully saturated rings. The molecule has 0 radical (unpaired) electrons. The maximum atomic E-state index is 12.5. The maximum Gasteiger partial charge on any atom is 0.229 e.